The molecule has 0 fully saturated rings. The van der Waals surface area contributed by atoms with Gasteiger partial charge < -0.3 is 9.13 Å². The van der Waals surface area contributed by atoms with Crippen molar-refractivity contribution >= 4 is 43.6 Å². The van der Waals surface area contributed by atoms with Crippen LogP contribution in [0.25, 0.3) is 123 Å². The highest BCUT2D eigenvalue weighted by atomic mass is 15.1. The Kier molecular flexibility index (Phi) is 9.65. The lowest BCUT2D eigenvalue weighted by Gasteiger charge is -2.23. The van der Waals surface area contributed by atoms with Gasteiger partial charge in [-0.2, -0.15) is 10.5 Å². The fourth-order valence-electron chi connectivity index (χ4n) is 13.5. The Morgan fingerprint density at radius 2 is 0.833 bits per heavy atom. The van der Waals surface area contributed by atoms with E-state index in [1.807, 2.05) is 66.7 Å². The van der Waals surface area contributed by atoms with Crippen molar-refractivity contribution in [1.82, 2.24) is 24.1 Å². The molecule has 0 bridgehead atoms. The molecule has 0 N–H and O–H groups in total. The number of para-hydroxylation sites is 2. The van der Waals surface area contributed by atoms with Crippen LogP contribution in [0, 0.1) is 22.7 Å². The lowest BCUT2D eigenvalue weighted by Crippen LogP contribution is -2.15. The smallest absolute Gasteiger partial charge is 0.167 e. The van der Waals surface area contributed by atoms with Gasteiger partial charge in [-0.25, -0.2) is 15.0 Å². The number of fused-ring (bicyclic) bond motifs is 14. The molecule has 0 unspecified atom stereocenters. The van der Waals surface area contributed by atoms with Crippen LogP contribution in [0.5, 0.6) is 0 Å². The first-order valence-electron chi connectivity index (χ1n) is 26.5. The van der Waals surface area contributed by atoms with Gasteiger partial charge in [-0.1, -0.05) is 185 Å². The Labute approximate surface area is 451 Å². The first-order valence-corrected chi connectivity index (χ1v) is 26.5. The second-order valence-corrected chi connectivity index (χ2v) is 21.7. The van der Waals surface area contributed by atoms with E-state index in [1.54, 1.807) is 0 Å². The molecule has 0 saturated heterocycles. The van der Waals surface area contributed by atoms with Crippen molar-refractivity contribution in [3.05, 3.63) is 246 Å². The van der Waals surface area contributed by atoms with Crippen LogP contribution in [0.15, 0.2) is 212 Å². The maximum atomic E-state index is 11.3. The molecule has 0 spiro atoms. The minimum absolute atomic E-state index is 0.273. The summed E-state index contributed by atoms with van der Waals surface area (Å²) in [5, 5.41) is 26.0. The molecule has 0 amide bonds. The highest BCUT2D eigenvalue weighted by Gasteiger charge is 2.40. The van der Waals surface area contributed by atoms with Crippen LogP contribution < -0.4 is 0 Å². The minimum Gasteiger partial charge on any atom is -0.308 e. The second kappa shape index (κ2) is 16.6. The Bertz CT molecular complexity index is 4810. The lowest BCUT2D eigenvalue weighted by atomic mass is 9.80. The molecular formula is C71H47N7. The van der Waals surface area contributed by atoms with Crippen LogP contribution in [0.2, 0.25) is 0 Å². The van der Waals surface area contributed by atoms with Gasteiger partial charge >= 0.3 is 0 Å². The monoisotopic (exact) mass is 997 g/mol. The molecule has 0 atom stereocenters. The summed E-state index contributed by atoms with van der Waals surface area (Å²) in [4.78, 5) is 16.6. The predicted octanol–water partition coefficient (Wildman–Crippen LogP) is 17.1. The van der Waals surface area contributed by atoms with Gasteiger partial charge in [0.1, 0.15) is 0 Å². The van der Waals surface area contributed by atoms with Gasteiger partial charge in [0.25, 0.3) is 0 Å². The Balaban J connectivity index is 1.04. The maximum Gasteiger partial charge on any atom is 0.167 e. The molecule has 78 heavy (non-hydrogen) atoms. The summed E-state index contributed by atoms with van der Waals surface area (Å²) in [5.74, 6) is 1.27. The van der Waals surface area contributed by atoms with E-state index in [2.05, 4.69) is 195 Å². The van der Waals surface area contributed by atoms with E-state index in [1.165, 1.54) is 55.3 Å². The fourth-order valence-corrected chi connectivity index (χ4v) is 13.5. The van der Waals surface area contributed by atoms with Gasteiger partial charge in [-0.15, -0.1) is 0 Å². The molecule has 10 aromatic carbocycles. The van der Waals surface area contributed by atoms with E-state index in [4.69, 9.17) is 15.0 Å². The molecule has 7 heteroatoms. The van der Waals surface area contributed by atoms with E-state index in [-0.39, 0.29) is 10.8 Å². The summed E-state index contributed by atoms with van der Waals surface area (Å²) < 4.78 is 4.68. The highest BCUT2D eigenvalue weighted by molar-refractivity contribution is 6.16. The fraction of sp³-hybridized carbons (Fsp3) is 0.0845. The number of benzene rings is 10. The topological polar surface area (TPSA) is 96.1 Å². The van der Waals surface area contributed by atoms with Crippen LogP contribution in [-0.4, -0.2) is 24.1 Å². The van der Waals surface area contributed by atoms with E-state index >= 15 is 0 Å². The van der Waals surface area contributed by atoms with Crippen LogP contribution in [0.1, 0.15) is 61.1 Å². The van der Waals surface area contributed by atoms with Crippen LogP contribution in [0.3, 0.4) is 0 Å². The summed E-state index contributed by atoms with van der Waals surface area (Å²) in [7, 11) is 0. The molecule has 366 valence electrons. The normalized spacial score (nSPS) is 13.6. The summed E-state index contributed by atoms with van der Waals surface area (Å²) in [5.41, 5.74) is 20.4. The van der Waals surface area contributed by atoms with Gasteiger partial charge in [0.2, 0.25) is 0 Å². The number of aromatic nitrogens is 5. The average Bonchev–Trinajstić information content (AvgIpc) is 4.35. The van der Waals surface area contributed by atoms with E-state index in [0.717, 1.165) is 66.5 Å². The van der Waals surface area contributed by atoms with Crippen LogP contribution in [0.4, 0.5) is 0 Å². The number of nitrogens with zero attached hydrogens (tertiary/aromatic N) is 7. The number of hydrogen-bond donors (Lipinski definition) is 0. The van der Waals surface area contributed by atoms with Crippen molar-refractivity contribution in [2.45, 2.75) is 38.5 Å². The second-order valence-electron chi connectivity index (χ2n) is 21.7. The first kappa shape index (κ1) is 45.2. The van der Waals surface area contributed by atoms with Gasteiger partial charge in [0, 0.05) is 37.9 Å². The SMILES string of the molecule is CC1(C)c2ccccc2-c2ccc3c(c21)c1ccccc1n3-c1cccc(C#N)c1-c1nc(-c2ccccc2)nc(-c2c(-c3ccc(C#N)cc3)cccc2-n2c3ccccc3c3c4c(ccc32)-c2ccccc2C4(C)C)n1. The molecule has 7 nitrogen and oxygen atoms in total. The number of hydrogen-bond acceptors (Lipinski definition) is 5. The molecule has 3 heterocycles. The Morgan fingerprint density at radius 1 is 0.359 bits per heavy atom. The maximum absolute atomic E-state index is 11.3. The Morgan fingerprint density at radius 3 is 1.40 bits per heavy atom. The first-order chi connectivity index (χ1) is 38.1. The summed E-state index contributed by atoms with van der Waals surface area (Å²) in [6.07, 6.45) is 0. The molecule has 0 saturated carbocycles. The third kappa shape index (κ3) is 6.27. The van der Waals surface area contributed by atoms with E-state index < -0.39 is 0 Å². The largest absolute Gasteiger partial charge is 0.308 e. The van der Waals surface area contributed by atoms with E-state index in [9.17, 15) is 10.5 Å². The summed E-state index contributed by atoms with van der Waals surface area (Å²) in [6.45, 7) is 9.35. The zero-order valence-electron chi connectivity index (χ0n) is 43.3. The number of rotatable bonds is 6. The van der Waals surface area contributed by atoms with Crippen LogP contribution in [-0.2, 0) is 10.8 Å². The van der Waals surface area contributed by atoms with Crippen molar-refractivity contribution < 1.29 is 0 Å². The van der Waals surface area contributed by atoms with Gasteiger partial charge in [-0.05, 0) is 110 Å². The number of nitriles is 2. The van der Waals surface area contributed by atoms with Gasteiger partial charge in [0.05, 0.1) is 67.8 Å². The predicted molar refractivity (Wildman–Crippen MR) is 315 cm³/mol. The van der Waals surface area contributed by atoms with Gasteiger partial charge in [0.15, 0.2) is 17.5 Å². The minimum atomic E-state index is -0.275. The third-order valence-corrected chi connectivity index (χ3v) is 16.8. The van der Waals surface area contributed by atoms with Crippen molar-refractivity contribution in [1.29, 1.82) is 10.5 Å². The van der Waals surface area contributed by atoms with Crippen molar-refractivity contribution in [2.24, 2.45) is 0 Å². The molecule has 3 aromatic heterocycles. The molecule has 13 aromatic rings. The Hall–Kier alpha value is -10.2. The van der Waals surface area contributed by atoms with Gasteiger partial charge in [-0.3, -0.25) is 0 Å². The standard InChI is InChI=1S/C71H47N7/c1-70(2)53-26-12-8-21-47(53)49-36-38-59-62(65(49)70)51-23-10-14-28-55(51)77(59)57-30-16-20-45(41-73)61(57)68-74-67(44-18-6-5-7-19-44)75-69(76-68)64-46(43-34-32-42(40-72)33-35-43)25-17-31-58(64)78-56-29-15-11-24-52(56)63-60(78)39-37-50-48-22-9-13-27-54(48)71(3,4)66(50)63/h5-39H,1-4H3. The quantitative estimate of drug-likeness (QED) is 0.165. The molecule has 0 aliphatic heterocycles. The summed E-state index contributed by atoms with van der Waals surface area (Å²) >= 11 is 0. The molecule has 15 rings (SSSR count). The average molecular weight is 998 g/mol. The van der Waals surface area contributed by atoms with E-state index in [0.29, 0.717) is 34.2 Å². The highest BCUT2D eigenvalue weighted by Crippen LogP contribution is 2.55. The molecule has 2 aliphatic carbocycles. The lowest BCUT2D eigenvalue weighted by molar-refractivity contribution is 0.666. The zero-order valence-corrected chi connectivity index (χ0v) is 43.3. The zero-order chi connectivity index (χ0) is 52.6. The molecular weight excluding hydrogens is 951 g/mol. The van der Waals surface area contributed by atoms with Crippen LogP contribution >= 0.6 is 0 Å². The van der Waals surface area contributed by atoms with Crippen molar-refractivity contribution in [3.63, 3.8) is 0 Å². The van der Waals surface area contributed by atoms with Crippen molar-refractivity contribution in [2.75, 3.05) is 0 Å². The third-order valence-electron chi connectivity index (χ3n) is 16.8. The molecule has 2 aliphatic rings. The molecule has 0 radical (unpaired) electrons. The van der Waals surface area contributed by atoms with Crippen molar-refractivity contribution in [3.8, 4) is 91.1 Å². The summed E-state index contributed by atoms with van der Waals surface area (Å²) in [6, 6.07) is 78.9.